The van der Waals surface area contributed by atoms with E-state index in [1.807, 2.05) is 61.5 Å². The minimum atomic E-state index is -0.573. The first-order chi connectivity index (χ1) is 10.2. The highest BCUT2D eigenvalue weighted by atomic mass is 35.5. The maximum absolute atomic E-state index is 10.4. The fourth-order valence-electron chi connectivity index (χ4n) is 2.08. The number of ether oxygens (including phenoxy) is 1. The molecule has 0 spiro atoms. The standard InChI is InChI=1S/C17H19ClO2S/c1-2-20-17(13-7-4-3-5-8-13)16(19)12-21-15-10-6-9-14(18)11-15/h3-11,16-17,19H,2,12H2,1H3. The van der Waals surface area contributed by atoms with Crippen LogP contribution in [0, 0.1) is 0 Å². The number of benzene rings is 2. The Morgan fingerprint density at radius 1 is 1.14 bits per heavy atom. The molecule has 112 valence electrons. The number of rotatable bonds is 7. The van der Waals surface area contributed by atoms with Crippen LogP contribution in [0.1, 0.15) is 18.6 Å². The van der Waals surface area contributed by atoms with Gasteiger partial charge >= 0.3 is 0 Å². The second-order valence-corrected chi connectivity index (χ2v) is 6.15. The normalized spacial score (nSPS) is 13.9. The molecular weight excluding hydrogens is 304 g/mol. The Morgan fingerprint density at radius 3 is 2.57 bits per heavy atom. The Labute approximate surface area is 135 Å². The van der Waals surface area contributed by atoms with Crippen LogP contribution in [0.3, 0.4) is 0 Å². The van der Waals surface area contributed by atoms with Gasteiger partial charge in [0.25, 0.3) is 0 Å². The lowest BCUT2D eigenvalue weighted by atomic mass is 10.1. The van der Waals surface area contributed by atoms with E-state index in [1.165, 1.54) is 0 Å². The Kier molecular flexibility index (Phi) is 6.58. The van der Waals surface area contributed by atoms with Crippen molar-refractivity contribution in [3.63, 3.8) is 0 Å². The van der Waals surface area contributed by atoms with Crippen LogP contribution in [0.5, 0.6) is 0 Å². The molecule has 0 aliphatic heterocycles. The van der Waals surface area contributed by atoms with Crippen molar-refractivity contribution in [3.8, 4) is 0 Å². The number of thioether (sulfide) groups is 1. The average Bonchev–Trinajstić information content (AvgIpc) is 2.51. The number of aliphatic hydroxyl groups excluding tert-OH is 1. The van der Waals surface area contributed by atoms with Crippen LogP contribution in [0.15, 0.2) is 59.5 Å². The fourth-order valence-corrected chi connectivity index (χ4v) is 3.26. The minimum absolute atomic E-state index is 0.303. The van der Waals surface area contributed by atoms with Crippen LogP contribution >= 0.6 is 23.4 Å². The fraction of sp³-hybridized carbons (Fsp3) is 0.294. The van der Waals surface area contributed by atoms with Crippen molar-refractivity contribution >= 4 is 23.4 Å². The zero-order valence-electron chi connectivity index (χ0n) is 11.9. The molecule has 0 bridgehead atoms. The van der Waals surface area contributed by atoms with Crippen molar-refractivity contribution in [1.82, 2.24) is 0 Å². The van der Waals surface area contributed by atoms with Gasteiger partial charge in [-0.25, -0.2) is 0 Å². The molecule has 0 saturated carbocycles. The third kappa shape index (κ3) is 5.04. The van der Waals surface area contributed by atoms with Gasteiger partial charge in [-0.2, -0.15) is 0 Å². The van der Waals surface area contributed by atoms with Gasteiger partial charge in [0, 0.05) is 22.3 Å². The third-order valence-electron chi connectivity index (χ3n) is 3.04. The lowest BCUT2D eigenvalue weighted by Gasteiger charge is -2.23. The summed E-state index contributed by atoms with van der Waals surface area (Å²) in [4.78, 5) is 1.05. The van der Waals surface area contributed by atoms with Crippen LogP contribution in [0.4, 0.5) is 0 Å². The van der Waals surface area contributed by atoms with Crippen molar-refractivity contribution in [2.45, 2.75) is 24.0 Å². The quantitative estimate of drug-likeness (QED) is 0.757. The van der Waals surface area contributed by atoms with E-state index >= 15 is 0 Å². The van der Waals surface area contributed by atoms with Crippen molar-refractivity contribution in [2.24, 2.45) is 0 Å². The van der Waals surface area contributed by atoms with Crippen molar-refractivity contribution in [2.75, 3.05) is 12.4 Å². The minimum Gasteiger partial charge on any atom is -0.389 e. The van der Waals surface area contributed by atoms with E-state index in [1.54, 1.807) is 11.8 Å². The summed E-state index contributed by atoms with van der Waals surface area (Å²) < 4.78 is 5.71. The second-order valence-electron chi connectivity index (χ2n) is 4.62. The van der Waals surface area contributed by atoms with Gasteiger partial charge in [-0.1, -0.05) is 48.0 Å². The first kappa shape index (κ1) is 16.4. The summed E-state index contributed by atoms with van der Waals surface area (Å²) in [7, 11) is 0. The summed E-state index contributed by atoms with van der Waals surface area (Å²) in [5.41, 5.74) is 0.999. The molecule has 0 heterocycles. The number of halogens is 1. The molecule has 2 aromatic carbocycles. The van der Waals surface area contributed by atoms with Gasteiger partial charge in [-0.15, -0.1) is 11.8 Å². The van der Waals surface area contributed by atoms with Crippen molar-refractivity contribution in [3.05, 3.63) is 65.2 Å². The van der Waals surface area contributed by atoms with Crippen LogP contribution in [-0.4, -0.2) is 23.6 Å². The molecule has 1 N–H and O–H groups in total. The molecule has 0 fully saturated rings. The molecule has 2 rings (SSSR count). The number of hydrogen-bond acceptors (Lipinski definition) is 3. The smallest absolute Gasteiger partial charge is 0.109 e. The Balaban J connectivity index is 2.00. The van der Waals surface area contributed by atoms with E-state index in [-0.39, 0.29) is 6.10 Å². The summed E-state index contributed by atoms with van der Waals surface area (Å²) >= 11 is 7.54. The van der Waals surface area contributed by atoms with Crippen LogP contribution in [0.25, 0.3) is 0 Å². The van der Waals surface area contributed by atoms with Gasteiger partial charge in [0.15, 0.2) is 0 Å². The molecule has 0 aromatic heterocycles. The van der Waals surface area contributed by atoms with Gasteiger partial charge in [0.1, 0.15) is 6.10 Å². The first-order valence-electron chi connectivity index (χ1n) is 6.93. The van der Waals surface area contributed by atoms with Crippen LogP contribution < -0.4 is 0 Å². The Bertz CT molecular complexity index is 547. The van der Waals surface area contributed by atoms with Gasteiger partial charge in [-0.3, -0.25) is 0 Å². The summed E-state index contributed by atoms with van der Waals surface area (Å²) in [5, 5.41) is 11.2. The molecule has 2 unspecified atom stereocenters. The molecule has 2 nitrogen and oxygen atoms in total. The van der Waals surface area contributed by atoms with E-state index < -0.39 is 6.10 Å². The summed E-state index contributed by atoms with van der Waals surface area (Å²) in [6.07, 6.45) is -0.876. The predicted octanol–water partition coefficient (Wildman–Crippen LogP) is 4.57. The van der Waals surface area contributed by atoms with Gasteiger partial charge in [0.2, 0.25) is 0 Å². The number of hydrogen-bond donors (Lipinski definition) is 1. The van der Waals surface area contributed by atoms with E-state index in [0.717, 1.165) is 10.5 Å². The second kappa shape index (κ2) is 8.44. The topological polar surface area (TPSA) is 29.5 Å². The first-order valence-corrected chi connectivity index (χ1v) is 8.30. The predicted molar refractivity (Wildman–Crippen MR) is 89.0 cm³/mol. The monoisotopic (exact) mass is 322 g/mol. The van der Waals surface area contributed by atoms with Crippen LogP contribution in [0.2, 0.25) is 5.02 Å². The molecule has 0 aliphatic rings. The lowest BCUT2D eigenvalue weighted by Crippen LogP contribution is -2.23. The molecule has 0 radical (unpaired) electrons. The largest absolute Gasteiger partial charge is 0.389 e. The molecule has 2 atom stereocenters. The SMILES string of the molecule is CCOC(c1ccccc1)C(O)CSc1cccc(Cl)c1. The summed E-state index contributed by atoms with van der Waals surface area (Å²) in [6.45, 7) is 2.51. The third-order valence-corrected chi connectivity index (χ3v) is 4.37. The van der Waals surface area contributed by atoms with Crippen LogP contribution in [-0.2, 0) is 4.74 Å². The van der Waals surface area contributed by atoms with Gasteiger partial charge in [0.05, 0.1) is 6.10 Å². The molecule has 21 heavy (non-hydrogen) atoms. The maximum Gasteiger partial charge on any atom is 0.109 e. The van der Waals surface area contributed by atoms with E-state index in [9.17, 15) is 5.11 Å². The van der Waals surface area contributed by atoms with Crippen molar-refractivity contribution < 1.29 is 9.84 Å². The average molecular weight is 323 g/mol. The molecular formula is C17H19ClO2S. The molecule has 0 aliphatic carbocycles. The summed E-state index contributed by atoms with van der Waals surface area (Å²) in [5.74, 6) is 0.555. The molecule has 0 amide bonds. The van der Waals surface area contributed by atoms with Crippen molar-refractivity contribution in [1.29, 1.82) is 0 Å². The zero-order chi connectivity index (χ0) is 15.1. The zero-order valence-corrected chi connectivity index (χ0v) is 13.5. The number of aliphatic hydroxyl groups is 1. The summed E-state index contributed by atoms with van der Waals surface area (Å²) in [6, 6.07) is 17.5. The van der Waals surface area contributed by atoms with Gasteiger partial charge in [-0.05, 0) is 30.7 Å². The highest BCUT2D eigenvalue weighted by molar-refractivity contribution is 7.99. The molecule has 0 saturated heterocycles. The Hall–Kier alpha value is -1.00. The van der Waals surface area contributed by atoms with E-state index in [0.29, 0.717) is 17.4 Å². The highest BCUT2D eigenvalue weighted by Gasteiger charge is 2.21. The molecule has 4 heteroatoms. The molecule has 2 aromatic rings. The van der Waals surface area contributed by atoms with E-state index in [2.05, 4.69) is 0 Å². The maximum atomic E-state index is 10.4. The van der Waals surface area contributed by atoms with Gasteiger partial charge < -0.3 is 9.84 Å². The van der Waals surface area contributed by atoms with E-state index in [4.69, 9.17) is 16.3 Å². The lowest BCUT2D eigenvalue weighted by molar-refractivity contribution is -0.0237. The highest BCUT2D eigenvalue weighted by Crippen LogP contribution is 2.28. The Morgan fingerprint density at radius 2 is 1.90 bits per heavy atom.